The van der Waals surface area contributed by atoms with Crippen molar-refractivity contribution in [1.82, 2.24) is 15.1 Å². The van der Waals surface area contributed by atoms with Crippen LogP contribution in [0.1, 0.15) is 35.4 Å². The van der Waals surface area contributed by atoms with E-state index in [0.29, 0.717) is 24.7 Å². The molecule has 3 aromatic rings. The Balaban J connectivity index is 1.61. The van der Waals surface area contributed by atoms with Crippen molar-refractivity contribution in [2.75, 3.05) is 20.3 Å². The molecule has 0 unspecified atom stereocenters. The number of carbonyl (C=O) groups is 1. The lowest BCUT2D eigenvalue weighted by Gasteiger charge is -2.21. The SMILES string of the molecule is CO[C@@H](c1ccccc1)c1nnc(CCC(=O)N(CCO)Cc2ccccc2)o1. The van der Waals surface area contributed by atoms with E-state index in [9.17, 15) is 9.90 Å². The number of aliphatic hydroxyl groups is 1. The number of ether oxygens (including phenoxy) is 1. The number of aromatic nitrogens is 2. The normalized spacial score (nSPS) is 11.9. The van der Waals surface area contributed by atoms with Crippen LogP contribution in [-0.4, -0.2) is 46.4 Å². The highest BCUT2D eigenvalue weighted by molar-refractivity contribution is 5.76. The van der Waals surface area contributed by atoms with Crippen molar-refractivity contribution in [2.45, 2.75) is 25.5 Å². The minimum atomic E-state index is -0.447. The zero-order chi connectivity index (χ0) is 20.5. The fraction of sp³-hybridized carbons (Fsp3) is 0.318. The maximum atomic E-state index is 12.6. The molecule has 0 aliphatic rings. The molecule has 29 heavy (non-hydrogen) atoms. The number of benzene rings is 2. The topological polar surface area (TPSA) is 88.7 Å². The zero-order valence-electron chi connectivity index (χ0n) is 16.4. The van der Waals surface area contributed by atoms with E-state index < -0.39 is 6.10 Å². The van der Waals surface area contributed by atoms with Gasteiger partial charge in [-0.15, -0.1) is 10.2 Å². The number of carbonyl (C=O) groups excluding carboxylic acids is 1. The standard InChI is InChI=1S/C22H25N3O4/c1-28-21(18-10-6-3-7-11-18)22-24-23-19(29-22)12-13-20(27)25(14-15-26)16-17-8-4-2-5-9-17/h2-11,21,26H,12-16H2,1H3/t21-/m0/s1. The number of hydrogen-bond acceptors (Lipinski definition) is 6. The molecular weight excluding hydrogens is 370 g/mol. The number of aryl methyl sites for hydroxylation is 1. The van der Waals surface area contributed by atoms with E-state index >= 15 is 0 Å². The van der Waals surface area contributed by atoms with E-state index in [1.807, 2.05) is 60.7 Å². The number of aliphatic hydroxyl groups excluding tert-OH is 1. The first kappa shape index (κ1) is 20.7. The Labute approximate surface area is 169 Å². The maximum absolute atomic E-state index is 12.6. The number of amides is 1. The average molecular weight is 395 g/mol. The molecule has 0 aliphatic heterocycles. The summed E-state index contributed by atoms with van der Waals surface area (Å²) in [5, 5.41) is 17.4. The van der Waals surface area contributed by atoms with E-state index in [4.69, 9.17) is 9.15 Å². The Hall–Kier alpha value is -3.03. The summed E-state index contributed by atoms with van der Waals surface area (Å²) in [7, 11) is 1.58. The molecule has 1 heterocycles. The molecular formula is C22H25N3O4. The molecule has 0 spiro atoms. The Morgan fingerprint density at radius 3 is 2.45 bits per heavy atom. The zero-order valence-corrected chi connectivity index (χ0v) is 16.4. The molecule has 152 valence electrons. The van der Waals surface area contributed by atoms with Gasteiger partial charge in [-0.2, -0.15) is 0 Å². The molecule has 1 atom stereocenters. The molecule has 0 radical (unpaired) electrons. The van der Waals surface area contributed by atoms with Crippen LogP contribution in [0.2, 0.25) is 0 Å². The van der Waals surface area contributed by atoms with Crippen molar-refractivity contribution < 1.29 is 19.1 Å². The molecule has 1 aromatic heterocycles. The van der Waals surface area contributed by atoms with Crippen LogP contribution in [0.15, 0.2) is 65.1 Å². The van der Waals surface area contributed by atoms with Crippen LogP contribution >= 0.6 is 0 Å². The summed E-state index contributed by atoms with van der Waals surface area (Å²) >= 11 is 0. The van der Waals surface area contributed by atoms with Crippen molar-refractivity contribution in [1.29, 1.82) is 0 Å². The van der Waals surface area contributed by atoms with Gasteiger partial charge in [-0.25, -0.2) is 0 Å². The summed E-state index contributed by atoms with van der Waals surface area (Å²) in [6, 6.07) is 19.3. The van der Waals surface area contributed by atoms with Crippen molar-refractivity contribution in [3.63, 3.8) is 0 Å². The Morgan fingerprint density at radius 1 is 1.10 bits per heavy atom. The quantitative estimate of drug-likeness (QED) is 0.568. The molecule has 7 nitrogen and oxygen atoms in total. The third kappa shape index (κ3) is 5.73. The van der Waals surface area contributed by atoms with Gasteiger partial charge in [-0.1, -0.05) is 60.7 Å². The number of methoxy groups -OCH3 is 1. The van der Waals surface area contributed by atoms with E-state index in [1.54, 1.807) is 12.0 Å². The summed E-state index contributed by atoms with van der Waals surface area (Å²) in [4.78, 5) is 14.3. The fourth-order valence-corrected chi connectivity index (χ4v) is 3.07. The van der Waals surface area contributed by atoms with E-state index in [2.05, 4.69) is 10.2 Å². The monoisotopic (exact) mass is 395 g/mol. The minimum Gasteiger partial charge on any atom is -0.422 e. The van der Waals surface area contributed by atoms with Gasteiger partial charge in [-0.3, -0.25) is 4.79 Å². The molecule has 0 saturated carbocycles. The van der Waals surface area contributed by atoms with Crippen LogP contribution in [0.5, 0.6) is 0 Å². The molecule has 1 N–H and O–H groups in total. The smallest absolute Gasteiger partial charge is 0.249 e. The summed E-state index contributed by atoms with van der Waals surface area (Å²) in [6.45, 7) is 0.646. The summed E-state index contributed by atoms with van der Waals surface area (Å²) < 4.78 is 11.2. The van der Waals surface area contributed by atoms with Gasteiger partial charge < -0.3 is 19.2 Å². The second kappa shape index (κ2) is 10.5. The lowest BCUT2D eigenvalue weighted by atomic mass is 10.1. The predicted molar refractivity (Wildman–Crippen MR) is 107 cm³/mol. The summed E-state index contributed by atoms with van der Waals surface area (Å²) in [5.41, 5.74) is 1.93. The highest BCUT2D eigenvalue weighted by Crippen LogP contribution is 2.24. The molecule has 0 aliphatic carbocycles. The predicted octanol–water partition coefficient (Wildman–Crippen LogP) is 2.76. The van der Waals surface area contributed by atoms with Gasteiger partial charge in [0.25, 0.3) is 0 Å². The molecule has 2 aromatic carbocycles. The fourth-order valence-electron chi connectivity index (χ4n) is 3.07. The lowest BCUT2D eigenvalue weighted by Crippen LogP contribution is -2.33. The Morgan fingerprint density at radius 2 is 1.79 bits per heavy atom. The first-order chi connectivity index (χ1) is 14.2. The van der Waals surface area contributed by atoms with E-state index in [0.717, 1.165) is 11.1 Å². The second-order valence-electron chi connectivity index (χ2n) is 6.58. The van der Waals surface area contributed by atoms with Crippen LogP contribution in [0.3, 0.4) is 0 Å². The van der Waals surface area contributed by atoms with Gasteiger partial charge >= 0.3 is 0 Å². The average Bonchev–Trinajstić information content (AvgIpc) is 3.22. The minimum absolute atomic E-state index is 0.0750. The van der Waals surface area contributed by atoms with Crippen molar-refractivity contribution >= 4 is 5.91 Å². The molecule has 7 heteroatoms. The Bertz CT molecular complexity index is 883. The first-order valence-corrected chi connectivity index (χ1v) is 9.54. The van der Waals surface area contributed by atoms with Crippen molar-refractivity contribution in [3.05, 3.63) is 83.6 Å². The summed E-state index contributed by atoms with van der Waals surface area (Å²) in [6.07, 6.45) is 0.0997. The van der Waals surface area contributed by atoms with Gasteiger partial charge in [0.2, 0.25) is 17.7 Å². The third-order valence-corrected chi connectivity index (χ3v) is 4.54. The Kier molecular flexibility index (Phi) is 7.49. The largest absolute Gasteiger partial charge is 0.422 e. The van der Waals surface area contributed by atoms with Crippen molar-refractivity contribution in [2.24, 2.45) is 0 Å². The van der Waals surface area contributed by atoms with Crippen LogP contribution in [0, 0.1) is 0 Å². The van der Waals surface area contributed by atoms with Gasteiger partial charge in [0, 0.05) is 33.0 Å². The molecule has 0 saturated heterocycles. The molecule has 0 bridgehead atoms. The van der Waals surface area contributed by atoms with Gasteiger partial charge in [0.15, 0.2) is 6.10 Å². The summed E-state index contributed by atoms with van der Waals surface area (Å²) in [5.74, 6) is 0.668. The van der Waals surface area contributed by atoms with Crippen molar-refractivity contribution in [3.8, 4) is 0 Å². The molecule has 0 fully saturated rings. The van der Waals surface area contributed by atoms with Crippen LogP contribution in [-0.2, 0) is 22.5 Å². The van der Waals surface area contributed by atoms with E-state index in [-0.39, 0.29) is 25.5 Å². The van der Waals surface area contributed by atoms with E-state index in [1.165, 1.54) is 0 Å². The van der Waals surface area contributed by atoms with Gasteiger partial charge in [0.1, 0.15) is 0 Å². The maximum Gasteiger partial charge on any atom is 0.249 e. The van der Waals surface area contributed by atoms with Gasteiger partial charge in [0.05, 0.1) is 6.61 Å². The molecule has 3 rings (SSSR count). The highest BCUT2D eigenvalue weighted by atomic mass is 16.5. The third-order valence-electron chi connectivity index (χ3n) is 4.54. The number of hydrogen-bond donors (Lipinski definition) is 1. The lowest BCUT2D eigenvalue weighted by molar-refractivity contribution is -0.132. The second-order valence-corrected chi connectivity index (χ2v) is 6.58. The number of nitrogens with zero attached hydrogens (tertiary/aromatic N) is 3. The van der Waals surface area contributed by atoms with Crippen LogP contribution in [0.4, 0.5) is 0 Å². The molecule has 1 amide bonds. The number of rotatable bonds is 10. The van der Waals surface area contributed by atoms with Crippen LogP contribution in [0.25, 0.3) is 0 Å². The first-order valence-electron chi connectivity index (χ1n) is 9.54. The van der Waals surface area contributed by atoms with Gasteiger partial charge in [-0.05, 0) is 11.1 Å². The van der Waals surface area contributed by atoms with Crippen LogP contribution < -0.4 is 0 Å². The highest BCUT2D eigenvalue weighted by Gasteiger charge is 2.21.